The first-order valence-electron chi connectivity index (χ1n) is 9.10. The topological polar surface area (TPSA) is 84.3 Å². The third-order valence-corrected chi connectivity index (χ3v) is 4.97. The van der Waals surface area contributed by atoms with Crippen molar-refractivity contribution in [3.05, 3.63) is 47.4 Å². The van der Waals surface area contributed by atoms with Crippen LogP contribution in [0.4, 0.5) is 14.5 Å². The van der Waals surface area contributed by atoms with Crippen molar-refractivity contribution in [1.82, 2.24) is 9.97 Å². The van der Waals surface area contributed by atoms with E-state index < -0.39 is 24.0 Å². The van der Waals surface area contributed by atoms with E-state index in [1.807, 2.05) is 19.9 Å². The second kappa shape index (κ2) is 7.79. The molecule has 0 radical (unpaired) electrons. The van der Waals surface area contributed by atoms with Crippen LogP contribution in [0, 0.1) is 6.92 Å². The van der Waals surface area contributed by atoms with Crippen LogP contribution < -0.4 is 10.1 Å². The van der Waals surface area contributed by atoms with Crippen molar-refractivity contribution in [3.63, 3.8) is 0 Å². The van der Waals surface area contributed by atoms with Gasteiger partial charge in [-0.15, -0.1) is 0 Å². The van der Waals surface area contributed by atoms with Gasteiger partial charge in [0.05, 0.1) is 17.2 Å². The number of amides is 1. The van der Waals surface area contributed by atoms with Crippen LogP contribution in [0.3, 0.4) is 0 Å². The molecule has 2 N–H and O–H groups in total. The average Bonchev–Trinajstić information content (AvgIpc) is 2.60. The molecule has 0 spiro atoms. The summed E-state index contributed by atoms with van der Waals surface area (Å²) in [5, 5.41) is 12.6. The Balaban J connectivity index is 1.96. The molecule has 0 aliphatic heterocycles. The molecule has 8 heteroatoms. The summed E-state index contributed by atoms with van der Waals surface area (Å²) in [5.41, 5.74) is 1.01. The fraction of sp³-hybridized carbons (Fsp3) is 0.450. The largest absolute Gasteiger partial charge is 0.415 e. The molecule has 1 amide bonds. The molecule has 2 heterocycles. The molecule has 150 valence electrons. The van der Waals surface area contributed by atoms with Crippen molar-refractivity contribution >= 4 is 11.6 Å². The van der Waals surface area contributed by atoms with Gasteiger partial charge in [0.25, 0.3) is 0 Å². The second-order valence-electron chi connectivity index (χ2n) is 7.38. The number of nitrogens with zero attached hydrogens (tertiary/aromatic N) is 2. The maximum absolute atomic E-state index is 13.2. The van der Waals surface area contributed by atoms with E-state index in [0.29, 0.717) is 11.4 Å². The molecule has 0 unspecified atom stereocenters. The van der Waals surface area contributed by atoms with E-state index in [-0.39, 0.29) is 30.3 Å². The standard InChI is InChI=1S/C20H23F2N3O3/c1-11(2)14-5-4-8-23-16(14)20(9-13(26)10-20)18(27)25-15-7-6-12(3)24-17(15)28-19(21)22/h4-8,11,13,19,26H,9-10H2,1-3H3,(H,25,27). The number of nitrogens with one attached hydrogen (secondary N) is 1. The number of carbonyl (C=O) groups excluding carboxylic acids is 1. The molecular formula is C20H23F2N3O3. The first-order chi connectivity index (χ1) is 13.2. The number of hydrogen-bond acceptors (Lipinski definition) is 5. The Morgan fingerprint density at radius 2 is 2.04 bits per heavy atom. The lowest BCUT2D eigenvalue weighted by atomic mass is 9.62. The maximum atomic E-state index is 13.2. The number of halogens is 2. The van der Waals surface area contributed by atoms with Crippen LogP contribution in [0.1, 0.15) is 49.6 Å². The summed E-state index contributed by atoms with van der Waals surface area (Å²) < 4.78 is 29.9. The molecule has 0 aromatic carbocycles. The predicted molar refractivity (Wildman–Crippen MR) is 99.5 cm³/mol. The zero-order chi connectivity index (χ0) is 20.5. The van der Waals surface area contributed by atoms with E-state index in [4.69, 9.17) is 0 Å². The summed E-state index contributed by atoms with van der Waals surface area (Å²) in [6, 6.07) is 6.78. The van der Waals surface area contributed by atoms with Crippen molar-refractivity contribution in [2.24, 2.45) is 0 Å². The van der Waals surface area contributed by atoms with Gasteiger partial charge in [-0.25, -0.2) is 4.98 Å². The first kappa shape index (κ1) is 20.1. The molecule has 1 saturated carbocycles. The van der Waals surface area contributed by atoms with Crippen LogP contribution in [0.2, 0.25) is 0 Å². The molecule has 2 aromatic rings. The fourth-order valence-electron chi connectivity index (χ4n) is 3.56. The minimum absolute atomic E-state index is 0.0543. The Labute approximate surface area is 162 Å². The van der Waals surface area contributed by atoms with Gasteiger partial charge in [-0.1, -0.05) is 19.9 Å². The number of carbonyl (C=O) groups is 1. The zero-order valence-corrected chi connectivity index (χ0v) is 15.9. The van der Waals surface area contributed by atoms with Gasteiger partial charge >= 0.3 is 6.61 Å². The number of alkyl halides is 2. The van der Waals surface area contributed by atoms with Crippen molar-refractivity contribution in [2.45, 2.75) is 57.7 Å². The molecule has 0 atom stereocenters. The number of aliphatic hydroxyl groups is 1. The number of anilines is 1. The molecule has 3 rings (SSSR count). The van der Waals surface area contributed by atoms with Crippen LogP contribution >= 0.6 is 0 Å². The van der Waals surface area contributed by atoms with Crippen LogP contribution in [-0.4, -0.2) is 33.7 Å². The molecule has 1 fully saturated rings. The number of aromatic nitrogens is 2. The Kier molecular flexibility index (Phi) is 5.60. The Hall–Kier alpha value is -2.61. The van der Waals surface area contributed by atoms with Gasteiger partial charge in [0.2, 0.25) is 11.8 Å². The molecule has 1 aliphatic carbocycles. The Morgan fingerprint density at radius 3 is 2.64 bits per heavy atom. The van der Waals surface area contributed by atoms with Gasteiger partial charge in [0.1, 0.15) is 5.69 Å². The third-order valence-electron chi connectivity index (χ3n) is 4.97. The van der Waals surface area contributed by atoms with Gasteiger partial charge < -0.3 is 15.2 Å². The van der Waals surface area contributed by atoms with E-state index in [0.717, 1.165) is 5.56 Å². The summed E-state index contributed by atoms with van der Waals surface area (Å²) >= 11 is 0. The third kappa shape index (κ3) is 3.82. The van der Waals surface area contributed by atoms with Crippen molar-refractivity contribution in [2.75, 3.05) is 5.32 Å². The minimum atomic E-state index is -3.06. The van der Waals surface area contributed by atoms with Gasteiger partial charge in [-0.2, -0.15) is 8.78 Å². The lowest BCUT2D eigenvalue weighted by molar-refractivity contribution is -0.130. The van der Waals surface area contributed by atoms with E-state index >= 15 is 0 Å². The summed E-state index contributed by atoms with van der Waals surface area (Å²) in [4.78, 5) is 21.6. The smallest absolute Gasteiger partial charge is 0.388 e. The maximum Gasteiger partial charge on any atom is 0.388 e. The summed E-state index contributed by atoms with van der Waals surface area (Å²) in [7, 11) is 0. The molecule has 0 saturated heterocycles. The highest BCUT2D eigenvalue weighted by molar-refractivity contribution is 6.00. The lowest BCUT2D eigenvalue weighted by Crippen LogP contribution is -2.54. The average molecular weight is 391 g/mol. The van der Waals surface area contributed by atoms with Gasteiger partial charge in [0, 0.05) is 11.9 Å². The number of ether oxygens (including phenoxy) is 1. The van der Waals surface area contributed by atoms with Crippen LogP contribution in [-0.2, 0) is 10.2 Å². The SMILES string of the molecule is Cc1ccc(NC(=O)C2(c3ncccc3C(C)C)CC(O)C2)c(OC(F)F)n1. The van der Waals surface area contributed by atoms with Gasteiger partial charge in [0.15, 0.2) is 0 Å². The predicted octanol–water partition coefficient (Wildman–Crippen LogP) is 3.54. The highest BCUT2D eigenvalue weighted by atomic mass is 19.3. The number of pyridine rings is 2. The normalized spacial score (nSPS) is 21.5. The quantitative estimate of drug-likeness (QED) is 0.787. The molecule has 2 aromatic heterocycles. The number of aryl methyl sites for hydroxylation is 1. The highest BCUT2D eigenvalue weighted by Gasteiger charge is 2.53. The van der Waals surface area contributed by atoms with E-state index in [2.05, 4.69) is 20.0 Å². The number of rotatable bonds is 6. The van der Waals surface area contributed by atoms with Crippen molar-refractivity contribution in [1.29, 1.82) is 0 Å². The lowest BCUT2D eigenvalue weighted by Gasteiger charge is -2.44. The molecular weight excluding hydrogens is 368 g/mol. The summed E-state index contributed by atoms with van der Waals surface area (Å²) in [6.45, 7) is 2.57. The monoisotopic (exact) mass is 391 g/mol. The second-order valence-corrected chi connectivity index (χ2v) is 7.38. The van der Waals surface area contributed by atoms with Crippen molar-refractivity contribution in [3.8, 4) is 5.88 Å². The Bertz CT molecular complexity index is 868. The Morgan fingerprint density at radius 1 is 1.32 bits per heavy atom. The number of aliphatic hydroxyl groups excluding tert-OH is 1. The van der Waals surface area contributed by atoms with E-state index in [1.165, 1.54) is 6.07 Å². The fourth-order valence-corrected chi connectivity index (χ4v) is 3.56. The van der Waals surface area contributed by atoms with Crippen molar-refractivity contribution < 1.29 is 23.4 Å². The van der Waals surface area contributed by atoms with Crippen LogP contribution in [0.5, 0.6) is 5.88 Å². The van der Waals surface area contributed by atoms with Crippen LogP contribution in [0.15, 0.2) is 30.5 Å². The number of hydrogen-bond donors (Lipinski definition) is 2. The van der Waals surface area contributed by atoms with E-state index in [9.17, 15) is 18.7 Å². The van der Waals surface area contributed by atoms with E-state index in [1.54, 1.807) is 25.3 Å². The molecule has 0 bridgehead atoms. The molecule has 6 nitrogen and oxygen atoms in total. The van der Waals surface area contributed by atoms with Gasteiger partial charge in [-0.05, 0) is 49.4 Å². The molecule has 1 aliphatic rings. The minimum Gasteiger partial charge on any atom is -0.415 e. The van der Waals surface area contributed by atoms with Gasteiger partial charge in [-0.3, -0.25) is 9.78 Å². The summed E-state index contributed by atoms with van der Waals surface area (Å²) in [6.07, 6.45) is 1.40. The highest BCUT2D eigenvalue weighted by Crippen LogP contribution is 2.46. The zero-order valence-electron chi connectivity index (χ0n) is 15.9. The molecule has 28 heavy (non-hydrogen) atoms. The summed E-state index contributed by atoms with van der Waals surface area (Å²) in [5.74, 6) is -0.642. The first-order valence-corrected chi connectivity index (χ1v) is 9.10. The van der Waals surface area contributed by atoms with Crippen LogP contribution in [0.25, 0.3) is 0 Å².